The molecule has 0 saturated carbocycles. The maximum absolute atomic E-state index is 11.8. The van der Waals surface area contributed by atoms with Crippen LogP contribution in [0.3, 0.4) is 0 Å². The van der Waals surface area contributed by atoms with E-state index < -0.39 is 16.6 Å². The standard InChI is InChI=1S/C8H8F2OS/c9-8(10)12(11)6-7-4-2-1-3-5-7/h1-5,8H,6H2. The number of halogens is 2. The number of rotatable bonds is 3. The van der Waals surface area contributed by atoms with Gasteiger partial charge >= 0.3 is 5.76 Å². The molecule has 1 rings (SSSR count). The minimum atomic E-state index is -2.75. The Hall–Kier alpha value is -0.770. The highest BCUT2D eigenvalue weighted by Gasteiger charge is 2.12. The highest BCUT2D eigenvalue weighted by molar-refractivity contribution is 7.84. The Morgan fingerprint density at radius 1 is 1.25 bits per heavy atom. The molecule has 4 heteroatoms. The van der Waals surface area contributed by atoms with Gasteiger partial charge in [0.2, 0.25) is 0 Å². The van der Waals surface area contributed by atoms with Crippen LogP contribution in [0.4, 0.5) is 8.78 Å². The summed E-state index contributed by atoms with van der Waals surface area (Å²) in [5, 5.41) is 0. The molecule has 1 unspecified atom stereocenters. The Balaban J connectivity index is 2.59. The van der Waals surface area contributed by atoms with Crippen molar-refractivity contribution in [2.45, 2.75) is 11.5 Å². The fourth-order valence-corrected chi connectivity index (χ4v) is 1.45. The zero-order valence-electron chi connectivity index (χ0n) is 6.24. The molecule has 1 aromatic rings. The van der Waals surface area contributed by atoms with Gasteiger partial charge in [-0.25, -0.2) is 0 Å². The van der Waals surface area contributed by atoms with Gasteiger partial charge in [0.15, 0.2) is 0 Å². The van der Waals surface area contributed by atoms with Gasteiger partial charge in [-0.2, -0.15) is 8.78 Å². The fraction of sp³-hybridized carbons (Fsp3) is 0.250. The molecule has 0 aliphatic carbocycles. The number of hydrogen-bond acceptors (Lipinski definition) is 1. The predicted molar refractivity (Wildman–Crippen MR) is 44.3 cm³/mol. The maximum atomic E-state index is 11.8. The van der Waals surface area contributed by atoms with Crippen LogP contribution in [0.15, 0.2) is 30.3 Å². The highest BCUT2D eigenvalue weighted by Crippen LogP contribution is 2.08. The van der Waals surface area contributed by atoms with Crippen LogP contribution in [0.5, 0.6) is 0 Å². The maximum Gasteiger partial charge on any atom is 0.312 e. The molecular weight excluding hydrogens is 182 g/mol. The molecule has 0 spiro atoms. The Morgan fingerprint density at radius 3 is 2.33 bits per heavy atom. The summed E-state index contributed by atoms with van der Waals surface area (Å²) in [6.07, 6.45) is 0. The van der Waals surface area contributed by atoms with E-state index in [4.69, 9.17) is 0 Å². The lowest BCUT2D eigenvalue weighted by molar-refractivity contribution is 0.243. The summed E-state index contributed by atoms with van der Waals surface area (Å²) in [4.78, 5) is 0. The van der Waals surface area contributed by atoms with Crippen LogP contribution >= 0.6 is 0 Å². The van der Waals surface area contributed by atoms with Crippen LogP contribution in [-0.2, 0) is 16.6 Å². The molecule has 0 aliphatic heterocycles. The highest BCUT2D eigenvalue weighted by atomic mass is 32.2. The molecule has 0 N–H and O–H groups in total. The molecule has 0 fully saturated rings. The van der Waals surface area contributed by atoms with Gasteiger partial charge < -0.3 is 0 Å². The molecule has 0 bridgehead atoms. The van der Waals surface area contributed by atoms with Gasteiger partial charge in [0, 0.05) is 0 Å². The van der Waals surface area contributed by atoms with Gasteiger partial charge in [-0.1, -0.05) is 30.3 Å². The summed E-state index contributed by atoms with van der Waals surface area (Å²) >= 11 is 0. The van der Waals surface area contributed by atoms with E-state index in [2.05, 4.69) is 0 Å². The first-order valence-electron chi connectivity index (χ1n) is 3.39. The summed E-state index contributed by atoms with van der Waals surface area (Å²) in [6.45, 7) is 0. The van der Waals surface area contributed by atoms with E-state index in [0.717, 1.165) is 0 Å². The average Bonchev–Trinajstić information content (AvgIpc) is 2.06. The molecule has 0 radical (unpaired) electrons. The Morgan fingerprint density at radius 2 is 1.83 bits per heavy atom. The van der Waals surface area contributed by atoms with E-state index in [-0.39, 0.29) is 5.75 Å². The lowest BCUT2D eigenvalue weighted by atomic mass is 10.2. The molecule has 0 aliphatic rings. The second-order valence-corrected chi connectivity index (χ2v) is 3.68. The summed E-state index contributed by atoms with van der Waals surface area (Å²) in [7, 11) is -2.06. The van der Waals surface area contributed by atoms with Crippen molar-refractivity contribution in [1.82, 2.24) is 0 Å². The van der Waals surface area contributed by atoms with Crippen molar-refractivity contribution in [3.63, 3.8) is 0 Å². The molecule has 1 nitrogen and oxygen atoms in total. The Kier molecular flexibility index (Phi) is 3.34. The van der Waals surface area contributed by atoms with Crippen LogP contribution in [0.1, 0.15) is 5.56 Å². The monoisotopic (exact) mass is 190 g/mol. The molecule has 0 heterocycles. The van der Waals surface area contributed by atoms with Crippen molar-refractivity contribution < 1.29 is 13.0 Å². The Bertz CT molecular complexity index is 261. The summed E-state index contributed by atoms with van der Waals surface area (Å²) in [6, 6.07) is 8.62. The van der Waals surface area contributed by atoms with E-state index in [1.807, 2.05) is 0 Å². The van der Waals surface area contributed by atoms with Crippen molar-refractivity contribution in [2.24, 2.45) is 0 Å². The first kappa shape index (κ1) is 9.32. The molecule has 0 aromatic heterocycles. The largest absolute Gasteiger partial charge is 0.312 e. The van der Waals surface area contributed by atoms with Crippen molar-refractivity contribution >= 4 is 10.8 Å². The lowest BCUT2D eigenvalue weighted by Crippen LogP contribution is -2.04. The van der Waals surface area contributed by atoms with Crippen molar-refractivity contribution in [2.75, 3.05) is 0 Å². The van der Waals surface area contributed by atoms with Crippen LogP contribution in [0, 0.1) is 0 Å². The minimum absolute atomic E-state index is 0.0709. The van der Waals surface area contributed by atoms with Crippen molar-refractivity contribution in [3.05, 3.63) is 35.9 Å². The van der Waals surface area contributed by atoms with Gasteiger partial charge in [0.05, 0.1) is 16.6 Å². The smallest absolute Gasteiger partial charge is 0.253 e. The molecule has 0 saturated heterocycles. The number of benzene rings is 1. The molecule has 66 valence electrons. The summed E-state index contributed by atoms with van der Waals surface area (Å²) < 4.78 is 34.3. The first-order chi connectivity index (χ1) is 5.70. The van der Waals surface area contributed by atoms with Gasteiger partial charge in [0.1, 0.15) is 0 Å². The van der Waals surface area contributed by atoms with Crippen molar-refractivity contribution in [1.29, 1.82) is 0 Å². The summed E-state index contributed by atoms with van der Waals surface area (Å²) in [5.74, 6) is -2.82. The molecule has 0 amide bonds. The van der Waals surface area contributed by atoms with Gasteiger partial charge in [0.25, 0.3) is 0 Å². The van der Waals surface area contributed by atoms with Crippen molar-refractivity contribution in [3.8, 4) is 0 Å². The second-order valence-electron chi connectivity index (χ2n) is 2.27. The fourth-order valence-electron chi connectivity index (χ4n) is 0.801. The lowest BCUT2D eigenvalue weighted by Gasteiger charge is -1.99. The van der Waals surface area contributed by atoms with E-state index in [9.17, 15) is 13.0 Å². The van der Waals surface area contributed by atoms with E-state index in [1.165, 1.54) is 0 Å². The summed E-state index contributed by atoms with van der Waals surface area (Å²) in [5.41, 5.74) is 0.677. The van der Waals surface area contributed by atoms with Crippen LogP contribution in [0.2, 0.25) is 0 Å². The zero-order valence-corrected chi connectivity index (χ0v) is 7.06. The molecule has 1 atom stereocenters. The predicted octanol–water partition coefficient (Wildman–Crippen LogP) is 2.16. The number of hydrogen-bond donors (Lipinski definition) is 0. The van der Waals surface area contributed by atoms with E-state index in [0.29, 0.717) is 5.56 Å². The first-order valence-corrected chi connectivity index (χ1v) is 4.77. The zero-order chi connectivity index (χ0) is 8.97. The third-order valence-corrected chi connectivity index (χ3v) is 2.37. The SMILES string of the molecule is O=S(Cc1ccccc1)C(F)F. The number of alkyl halides is 2. The topological polar surface area (TPSA) is 17.1 Å². The molecule has 1 aromatic carbocycles. The van der Waals surface area contributed by atoms with E-state index in [1.54, 1.807) is 30.3 Å². The van der Waals surface area contributed by atoms with Gasteiger partial charge in [-0.15, -0.1) is 0 Å². The molecule has 12 heavy (non-hydrogen) atoms. The van der Waals surface area contributed by atoms with Crippen LogP contribution in [-0.4, -0.2) is 9.97 Å². The average molecular weight is 190 g/mol. The Labute approximate surface area is 71.9 Å². The normalized spacial score (nSPS) is 13.2. The molecular formula is C8H8F2OS. The van der Waals surface area contributed by atoms with Gasteiger partial charge in [-0.05, 0) is 5.56 Å². The second kappa shape index (κ2) is 4.30. The quantitative estimate of drug-likeness (QED) is 0.713. The third kappa shape index (κ3) is 2.70. The van der Waals surface area contributed by atoms with Crippen LogP contribution in [0.25, 0.3) is 0 Å². The minimum Gasteiger partial charge on any atom is -0.253 e. The van der Waals surface area contributed by atoms with Gasteiger partial charge in [-0.3, -0.25) is 4.21 Å². The van der Waals surface area contributed by atoms with E-state index >= 15 is 0 Å². The third-order valence-electron chi connectivity index (χ3n) is 1.35. The van der Waals surface area contributed by atoms with Crippen LogP contribution < -0.4 is 0 Å².